The van der Waals surface area contributed by atoms with Crippen LogP contribution in [0.5, 0.6) is 5.75 Å². The monoisotopic (exact) mass is 369 g/mol. The lowest BCUT2D eigenvalue weighted by Crippen LogP contribution is -2.05. The third-order valence-electron chi connectivity index (χ3n) is 4.25. The van der Waals surface area contributed by atoms with Crippen LogP contribution in [0.4, 0.5) is 13.2 Å². The van der Waals surface area contributed by atoms with E-state index < -0.39 is 11.7 Å². The summed E-state index contributed by atoms with van der Waals surface area (Å²) in [5.41, 5.74) is 2.46. The number of benzene rings is 2. The molecule has 0 aliphatic carbocycles. The molecule has 0 fully saturated rings. The van der Waals surface area contributed by atoms with Crippen molar-refractivity contribution >= 4 is 11.0 Å². The van der Waals surface area contributed by atoms with E-state index in [0.717, 1.165) is 17.7 Å². The SMILES string of the molecule is COc1cccc(-c2cc3c(cn2)ncn3-c2cccc(C(F)(F)F)c2)c1. The van der Waals surface area contributed by atoms with E-state index in [-0.39, 0.29) is 0 Å². The van der Waals surface area contributed by atoms with E-state index in [1.54, 1.807) is 30.0 Å². The van der Waals surface area contributed by atoms with Crippen molar-refractivity contribution < 1.29 is 17.9 Å². The molecule has 0 atom stereocenters. The number of hydrogen-bond donors (Lipinski definition) is 0. The number of fused-ring (bicyclic) bond motifs is 1. The van der Waals surface area contributed by atoms with Crippen LogP contribution < -0.4 is 4.74 Å². The van der Waals surface area contributed by atoms with Gasteiger partial charge in [-0.1, -0.05) is 18.2 Å². The van der Waals surface area contributed by atoms with Crippen molar-refractivity contribution in [2.75, 3.05) is 7.11 Å². The molecule has 2 aromatic heterocycles. The molecule has 0 radical (unpaired) electrons. The standard InChI is InChI=1S/C20H14F3N3O/c1-27-16-7-2-4-13(8-16)17-10-19-18(11-24-17)25-12-26(19)15-6-3-5-14(9-15)20(21,22)23/h2-12H,1H3. The molecule has 7 heteroatoms. The number of aromatic nitrogens is 3. The molecule has 27 heavy (non-hydrogen) atoms. The fourth-order valence-corrected chi connectivity index (χ4v) is 2.89. The average molecular weight is 369 g/mol. The highest BCUT2D eigenvalue weighted by Crippen LogP contribution is 2.31. The molecule has 0 saturated heterocycles. The van der Waals surface area contributed by atoms with Gasteiger partial charge in [0.2, 0.25) is 0 Å². The van der Waals surface area contributed by atoms with Crippen LogP contribution in [0.25, 0.3) is 28.0 Å². The van der Waals surface area contributed by atoms with Crippen LogP contribution >= 0.6 is 0 Å². The van der Waals surface area contributed by atoms with Crippen LogP contribution in [0.2, 0.25) is 0 Å². The summed E-state index contributed by atoms with van der Waals surface area (Å²) in [7, 11) is 1.58. The van der Waals surface area contributed by atoms with Crippen LogP contribution in [0.1, 0.15) is 5.56 Å². The predicted molar refractivity (Wildman–Crippen MR) is 95.9 cm³/mol. The van der Waals surface area contributed by atoms with Gasteiger partial charge in [-0.05, 0) is 36.4 Å². The van der Waals surface area contributed by atoms with Crippen molar-refractivity contribution in [3.8, 4) is 22.7 Å². The Labute approximate surface area is 152 Å². The Morgan fingerprint density at radius 2 is 1.78 bits per heavy atom. The summed E-state index contributed by atoms with van der Waals surface area (Å²) < 4.78 is 46.0. The molecule has 0 N–H and O–H groups in total. The minimum atomic E-state index is -4.40. The summed E-state index contributed by atoms with van der Waals surface area (Å²) in [5.74, 6) is 0.695. The number of pyridine rings is 1. The van der Waals surface area contributed by atoms with Gasteiger partial charge in [0.1, 0.15) is 17.6 Å². The number of imidazole rings is 1. The first-order chi connectivity index (χ1) is 13.0. The molecule has 4 nitrogen and oxygen atoms in total. The number of methoxy groups -OCH3 is 1. The van der Waals surface area contributed by atoms with Gasteiger partial charge < -0.3 is 4.74 Å². The summed E-state index contributed by atoms with van der Waals surface area (Å²) in [5, 5.41) is 0. The maximum absolute atomic E-state index is 13.0. The number of rotatable bonds is 3. The lowest BCUT2D eigenvalue weighted by Gasteiger charge is -2.10. The maximum atomic E-state index is 13.0. The smallest absolute Gasteiger partial charge is 0.416 e. The third kappa shape index (κ3) is 3.23. The van der Waals surface area contributed by atoms with Crippen LogP contribution in [-0.2, 0) is 6.18 Å². The number of ether oxygens (including phenoxy) is 1. The molecule has 2 heterocycles. The Bertz CT molecular complexity index is 1120. The van der Waals surface area contributed by atoms with Crippen LogP contribution in [0.15, 0.2) is 67.1 Å². The lowest BCUT2D eigenvalue weighted by atomic mass is 10.1. The van der Waals surface area contributed by atoms with E-state index in [1.165, 1.54) is 12.4 Å². The average Bonchev–Trinajstić information content (AvgIpc) is 3.10. The Kier molecular flexibility index (Phi) is 4.07. The maximum Gasteiger partial charge on any atom is 0.416 e. The minimum absolute atomic E-state index is 0.384. The van der Waals surface area contributed by atoms with Gasteiger partial charge in [0.25, 0.3) is 0 Å². The molecule has 4 aromatic rings. The molecule has 0 bridgehead atoms. The van der Waals surface area contributed by atoms with Crippen molar-refractivity contribution in [2.24, 2.45) is 0 Å². The van der Waals surface area contributed by atoms with Crippen molar-refractivity contribution in [2.45, 2.75) is 6.18 Å². The summed E-state index contributed by atoms with van der Waals surface area (Å²) in [6.07, 6.45) is -1.30. The Morgan fingerprint density at radius 1 is 0.963 bits per heavy atom. The number of halogens is 3. The first kappa shape index (κ1) is 17.1. The lowest BCUT2D eigenvalue weighted by molar-refractivity contribution is -0.137. The van der Waals surface area contributed by atoms with E-state index in [2.05, 4.69) is 9.97 Å². The summed E-state index contributed by atoms with van der Waals surface area (Å²) in [6, 6.07) is 14.4. The van der Waals surface area contributed by atoms with E-state index in [9.17, 15) is 13.2 Å². The highest BCUT2D eigenvalue weighted by Gasteiger charge is 2.30. The van der Waals surface area contributed by atoms with Crippen molar-refractivity contribution in [1.29, 1.82) is 0 Å². The second kappa shape index (κ2) is 6.42. The molecule has 2 aromatic carbocycles. The highest BCUT2D eigenvalue weighted by atomic mass is 19.4. The fourth-order valence-electron chi connectivity index (χ4n) is 2.89. The van der Waals surface area contributed by atoms with Gasteiger partial charge >= 0.3 is 6.18 Å². The van der Waals surface area contributed by atoms with Gasteiger partial charge in [-0.2, -0.15) is 13.2 Å². The first-order valence-corrected chi connectivity index (χ1v) is 8.11. The molecule has 0 spiro atoms. The highest BCUT2D eigenvalue weighted by molar-refractivity contribution is 5.81. The largest absolute Gasteiger partial charge is 0.497 e. The molecule has 0 aliphatic rings. The van der Waals surface area contributed by atoms with Gasteiger partial charge in [-0.3, -0.25) is 9.55 Å². The summed E-state index contributed by atoms with van der Waals surface area (Å²) in [6.45, 7) is 0. The van der Waals surface area contributed by atoms with Gasteiger partial charge in [0.05, 0.1) is 30.1 Å². The molecule has 136 valence electrons. The van der Waals surface area contributed by atoms with E-state index in [0.29, 0.717) is 28.2 Å². The Morgan fingerprint density at radius 3 is 2.56 bits per heavy atom. The molecule has 0 saturated carbocycles. The zero-order valence-electron chi connectivity index (χ0n) is 14.2. The van der Waals surface area contributed by atoms with Gasteiger partial charge in [0, 0.05) is 11.3 Å². The Hall–Kier alpha value is -3.35. The summed E-state index contributed by atoms with van der Waals surface area (Å²) in [4.78, 5) is 8.65. The fraction of sp³-hybridized carbons (Fsp3) is 0.100. The quantitative estimate of drug-likeness (QED) is 0.504. The van der Waals surface area contributed by atoms with E-state index in [4.69, 9.17) is 4.74 Å². The number of nitrogens with zero attached hydrogens (tertiary/aromatic N) is 3. The normalized spacial score (nSPS) is 11.7. The second-order valence-electron chi connectivity index (χ2n) is 5.95. The molecular formula is C20H14F3N3O. The van der Waals surface area contributed by atoms with Crippen molar-refractivity contribution in [1.82, 2.24) is 14.5 Å². The molecule has 4 rings (SSSR count). The number of alkyl halides is 3. The van der Waals surface area contributed by atoms with E-state index >= 15 is 0 Å². The van der Waals surface area contributed by atoms with Crippen molar-refractivity contribution in [3.63, 3.8) is 0 Å². The predicted octanol–water partition coefficient (Wildman–Crippen LogP) is 5.11. The zero-order chi connectivity index (χ0) is 19.0. The minimum Gasteiger partial charge on any atom is -0.497 e. The Balaban J connectivity index is 1.84. The van der Waals surface area contributed by atoms with Crippen LogP contribution in [0.3, 0.4) is 0 Å². The molecular weight excluding hydrogens is 355 g/mol. The molecule has 0 unspecified atom stereocenters. The van der Waals surface area contributed by atoms with Gasteiger partial charge in [-0.15, -0.1) is 0 Å². The molecule has 0 aliphatic heterocycles. The first-order valence-electron chi connectivity index (χ1n) is 8.11. The summed E-state index contributed by atoms with van der Waals surface area (Å²) >= 11 is 0. The second-order valence-corrected chi connectivity index (χ2v) is 5.95. The zero-order valence-corrected chi connectivity index (χ0v) is 14.2. The van der Waals surface area contributed by atoms with Crippen molar-refractivity contribution in [3.05, 3.63) is 72.7 Å². The number of hydrogen-bond acceptors (Lipinski definition) is 3. The van der Waals surface area contributed by atoms with Gasteiger partial charge in [-0.25, -0.2) is 4.98 Å². The molecule has 0 amide bonds. The topological polar surface area (TPSA) is 39.9 Å². The van der Waals surface area contributed by atoms with Crippen LogP contribution in [-0.4, -0.2) is 21.6 Å². The van der Waals surface area contributed by atoms with Crippen LogP contribution in [0, 0.1) is 0 Å². The third-order valence-corrected chi connectivity index (χ3v) is 4.25. The van der Waals surface area contributed by atoms with Gasteiger partial charge in [0.15, 0.2) is 0 Å². The van der Waals surface area contributed by atoms with E-state index in [1.807, 2.05) is 24.3 Å².